The van der Waals surface area contributed by atoms with Crippen LogP contribution in [0.1, 0.15) is 5.56 Å². The quantitative estimate of drug-likeness (QED) is 0.610. The first-order valence-corrected chi connectivity index (χ1v) is 9.80. The van der Waals surface area contributed by atoms with E-state index < -0.39 is 10.0 Å². The summed E-state index contributed by atoms with van der Waals surface area (Å²) in [6.07, 6.45) is 0. The van der Waals surface area contributed by atoms with Crippen molar-refractivity contribution >= 4 is 69.2 Å². The lowest BCUT2D eigenvalue weighted by Crippen LogP contribution is -2.16. The van der Waals surface area contributed by atoms with Crippen molar-refractivity contribution in [3.8, 4) is 0 Å². The second-order valence-corrected chi connectivity index (χ2v) is 8.65. The van der Waals surface area contributed by atoms with E-state index in [-0.39, 0.29) is 5.75 Å². The van der Waals surface area contributed by atoms with Crippen molar-refractivity contribution < 1.29 is 8.42 Å². The Hall–Kier alpha value is -0.570. The highest BCUT2D eigenvalue weighted by Crippen LogP contribution is 2.35. The van der Waals surface area contributed by atoms with Crippen molar-refractivity contribution in [3.63, 3.8) is 0 Å². The third kappa shape index (κ3) is 4.45. The molecule has 0 spiro atoms. The molecule has 2 aromatic carbocycles. The van der Waals surface area contributed by atoms with E-state index in [1.807, 2.05) is 0 Å². The minimum Gasteiger partial charge on any atom is -0.398 e. The molecule has 0 amide bonds. The van der Waals surface area contributed by atoms with Crippen LogP contribution >= 0.6 is 47.8 Å². The van der Waals surface area contributed by atoms with Gasteiger partial charge in [-0.25, -0.2) is 8.42 Å². The van der Waals surface area contributed by atoms with Crippen molar-refractivity contribution in [3.05, 3.63) is 55.4 Å². The molecule has 2 aromatic rings. The number of anilines is 2. The van der Waals surface area contributed by atoms with Gasteiger partial charge in [0.1, 0.15) is 0 Å². The average molecular weight is 499 g/mol. The predicted molar refractivity (Wildman–Crippen MR) is 96.6 cm³/mol. The van der Waals surface area contributed by atoms with Gasteiger partial charge in [-0.2, -0.15) is 0 Å². The number of hydrogen-bond donors (Lipinski definition) is 2. The number of nitrogens with two attached hydrogens (primary N) is 1. The first-order chi connectivity index (χ1) is 9.78. The summed E-state index contributed by atoms with van der Waals surface area (Å²) >= 11 is 10.0. The Morgan fingerprint density at radius 1 is 1.05 bits per heavy atom. The zero-order valence-corrected chi connectivity index (χ0v) is 16.2. The Bertz CT molecular complexity index is 756. The number of halogens is 3. The highest BCUT2D eigenvalue weighted by molar-refractivity contribution is 9.11. The van der Waals surface area contributed by atoms with Crippen LogP contribution in [-0.4, -0.2) is 8.42 Å². The maximum Gasteiger partial charge on any atom is 0.237 e. The summed E-state index contributed by atoms with van der Waals surface area (Å²) in [5.41, 5.74) is 7.26. The zero-order chi connectivity index (χ0) is 15.6. The largest absolute Gasteiger partial charge is 0.398 e. The fourth-order valence-corrected chi connectivity index (χ4v) is 5.70. The van der Waals surface area contributed by atoms with Crippen LogP contribution in [0, 0.1) is 0 Å². The lowest BCUT2D eigenvalue weighted by atomic mass is 10.2. The average Bonchev–Trinajstić information content (AvgIpc) is 2.36. The summed E-state index contributed by atoms with van der Waals surface area (Å²) in [4.78, 5) is 0. The van der Waals surface area contributed by atoms with Crippen LogP contribution < -0.4 is 10.5 Å². The fourth-order valence-electron chi connectivity index (χ4n) is 1.70. The Labute approximate surface area is 148 Å². The third-order valence-corrected chi connectivity index (χ3v) is 5.58. The van der Waals surface area contributed by atoms with E-state index in [0.29, 0.717) is 25.9 Å². The summed E-state index contributed by atoms with van der Waals surface area (Å²) < 4.78 is 29.2. The van der Waals surface area contributed by atoms with Crippen LogP contribution in [0.5, 0.6) is 0 Å². The predicted octanol–water partition coefficient (Wildman–Crippen LogP) is 4.50. The van der Waals surface area contributed by atoms with Gasteiger partial charge in [-0.15, -0.1) is 0 Å². The Kier molecular flexibility index (Phi) is 5.34. The number of hydrogen-bond acceptors (Lipinski definition) is 3. The molecule has 0 unspecified atom stereocenters. The lowest BCUT2D eigenvalue weighted by molar-refractivity contribution is 0.600. The van der Waals surface area contributed by atoms with Gasteiger partial charge in [-0.3, -0.25) is 4.72 Å². The van der Waals surface area contributed by atoms with Crippen LogP contribution in [0.25, 0.3) is 0 Å². The summed E-state index contributed by atoms with van der Waals surface area (Å²) in [5, 5.41) is 0. The molecule has 0 saturated heterocycles. The molecule has 0 bridgehead atoms. The molecule has 0 heterocycles. The monoisotopic (exact) mass is 496 g/mol. The van der Waals surface area contributed by atoms with Gasteiger partial charge < -0.3 is 5.73 Å². The molecule has 0 saturated carbocycles. The number of nitrogen functional groups attached to an aromatic ring is 1. The molecule has 0 fully saturated rings. The first kappa shape index (κ1) is 16.8. The maximum atomic E-state index is 12.3. The van der Waals surface area contributed by atoms with Crippen LogP contribution in [0.4, 0.5) is 11.4 Å². The smallest absolute Gasteiger partial charge is 0.237 e. The normalized spacial score (nSPS) is 11.4. The van der Waals surface area contributed by atoms with Crippen molar-refractivity contribution in [2.45, 2.75) is 5.75 Å². The second-order valence-electron chi connectivity index (χ2n) is 4.30. The van der Waals surface area contributed by atoms with Gasteiger partial charge in [-0.05, 0) is 55.6 Å². The van der Waals surface area contributed by atoms with E-state index in [4.69, 9.17) is 5.73 Å². The van der Waals surface area contributed by atoms with Gasteiger partial charge in [0.05, 0.1) is 11.4 Å². The van der Waals surface area contributed by atoms with Crippen LogP contribution in [0.15, 0.2) is 49.8 Å². The molecule has 0 aromatic heterocycles. The van der Waals surface area contributed by atoms with E-state index >= 15 is 0 Å². The molecule has 2 rings (SSSR count). The molecule has 0 aliphatic carbocycles. The molecule has 21 heavy (non-hydrogen) atoms. The van der Waals surface area contributed by atoms with E-state index in [0.717, 1.165) is 4.47 Å². The van der Waals surface area contributed by atoms with Crippen LogP contribution in [0.2, 0.25) is 0 Å². The Balaban J connectivity index is 2.29. The fraction of sp³-hybridized carbons (Fsp3) is 0.0769. The molecule has 112 valence electrons. The lowest BCUT2D eigenvalue weighted by Gasteiger charge is -2.13. The van der Waals surface area contributed by atoms with Crippen molar-refractivity contribution in [2.24, 2.45) is 0 Å². The summed E-state index contributed by atoms with van der Waals surface area (Å²) in [7, 11) is -3.57. The molecule has 3 N–H and O–H groups in total. The highest BCUT2D eigenvalue weighted by atomic mass is 79.9. The molecular formula is C13H11Br3N2O2S. The van der Waals surface area contributed by atoms with E-state index in [2.05, 4.69) is 52.5 Å². The number of rotatable bonds is 4. The minimum absolute atomic E-state index is 0.186. The molecule has 0 atom stereocenters. The number of nitrogens with one attached hydrogen (secondary N) is 1. The molecule has 8 heteroatoms. The number of para-hydroxylation sites is 1. The maximum absolute atomic E-state index is 12.3. The van der Waals surface area contributed by atoms with Crippen LogP contribution in [0.3, 0.4) is 0 Å². The van der Waals surface area contributed by atoms with Gasteiger partial charge in [0.2, 0.25) is 10.0 Å². The number of sulfonamides is 1. The van der Waals surface area contributed by atoms with Gasteiger partial charge in [-0.1, -0.05) is 34.1 Å². The van der Waals surface area contributed by atoms with E-state index in [1.54, 1.807) is 36.4 Å². The van der Waals surface area contributed by atoms with Gasteiger partial charge in [0, 0.05) is 19.1 Å². The molecule has 0 aliphatic heterocycles. The minimum atomic E-state index is -3.57. The highest BCUT2D eigenvalue weighted by Gasteiger charge is 2.17. The summed E-state index contributed by atoms with van der Waals surface area (Å²) in [6.45, 7) is 0. The molecule has 0 aliphatic rings. The molecular weight excluding hydrogens is 488 g/mol. The standard InChI is InChI=1S/C13H11Br3N2O2S/c14-9-5-10(15)13(11(16)6-9)18-21(19,20)7-8-3-1-2-4-12(8)17/h1-6,18H,7,17H2. The summed E-state index contributed by atoms with van der Waals surface area (Å²) in [6, 6.07) is 10.4. The van der Waals surface area contributed by atoms with E-state index in [1.165, 1.54) is 0 Å². The second kappa shape index (κ2) is 6.68. The van der Waals surface area contributed by atoms with E-state index in [9.17, 15) is 8.42 Å². The topological polar surface area (TPSA) is 72.2 Å². The third-order valence-electron chi connectivity index (χ3n) is 2.67. The Morgan fingerprint density at radius 2 is 1.62 bits per heavy atom. The summed E-state index contributed by atoms with van der Waals surface area (Å²) in [5.74, 6) is -0.186. The van der Waals surface area contributed by atoms with Gasteiger partial charge >= 0.3 is 0 Å². The van der Waals surface area contributed by atoms with Crippen LogP contribution in [-0.2, 0) is 15.8 Å². The zero-order valence-electron chi connectivity index (χ0n) is 10.6. The molecule has 4 nitrogen and oxygen atoms in total. The first-order valence-electron chi connectivity index (χ1n) is 5.77. The van der Waals surface area contributed by atoms with Crippen molar-refractivity contribution in [1.29, 1.82) is 0 Å². The van der Waals surface area contributed by atoms with Gasteiger partial charge in [0.25, 0.3) is 0 Å². The van der Waals surface area contributed by atoms with Gasteiger partial charge in [0.15, 0.2) is 0 Å². The van der Waals surface area contributed by atoms with Crippen molar-refractivity contribution in [1.82, 2.24) is 0 Å². The number of benzene rings is 2. The van der Waals surface area contributed by atoms with Crippen molar-refractivity contribution in [2.75, 3.05) is 10.5 Å². The Morgan fingerprint density at radius 3 is 2.19 bits per heavy atom. The molecule has 0 radical (unpaired) electrons. The SMILES string of the molecule is Nc1ccccc1CS(=O)(=O)Nc1c(Br)cc(Br)cc1Br.